The van der Waals surface area contributed by atoms with E-state index in [4.69, 9.17) is 0 Å². The van der Waals surface area contributed by atoms with Gasteiger partial charge < -0.3 is 5.32 Å². The van der Waals surface area contributed by atoms with E-state index in [9.17, 15) is 9.18 Å². The van der Waals surface area contributed by atoms with Crippen LogP contribution in [0.15, 0.2) is 54.9 Å². The Bertz CT molecular complexity index is 789. The van der Waals surface area contributed by atoms with E-state index in [2.05, 4.69) is 15.3 Å². The predicted molar refractivity (Wildman–Crippen MR) is 73.9 cm³/mol. The molecule has 0 fully saturated rings. The Labute approximate surface area is 114 Å². The van der Waals surface area contributed by atoms with Crippen LogP contribution in [0.2, 0.25) is 0 Å². The number of nitrogens with one attached hydrogen (secondary N) is 1. The monoisotopic (exact) mass is 267 g/mol. The van der Waals surface area contributed by atoms with Gasteiger partial charge in [-0.1, -0.05) is 12.1 Å². The van der Waals surface area contributed by atoms with E-state index in [0.717, 1.165) is 0 Å². The highest BCUT2D eigenvalue weighted by Crippen LogP contribution is 2.16. The number of benzene rings is 2. The van der Waals surface area contributed by atoms with Gasteiger partial charge in [0.25, 0.3) is 5.91 Å². The molecular weight excluding hydrogens is 257 g/mol. The summed E-state index contributed by atoms with van der Waals surface area (Å²) in [5.74, 6) is -0.857. The summed E-state index contributed by atoms with van der Waals surface area (Å²) in [5.41, 5.74) is 1.88. The summed E-state index contributed by atoms with van der Waals surface area (Å²) in [6.07, 6.45) is 3.14. The van der Waals surface area contributed by atoms with Gasteiger partial charge >= 0.3 is 0 Å². The molecule has 1 aromatic heterocycles. The highest BCUT2D eigenvalue weighted by Gasteiger charge is 2.09. The Kier molecular flexibility index (Phi) is 3.09. The Morgan fingerprint density at radius 2 is 1.75 bits per heavy atom. The van der Waals surface area contributed by atoms with Crippen LogP contribution in [-0.2, 0) is 0 Å². The van der Waals surface area contributed by atoms with Crippen molar-refractivity contribution in [2.75, 3.05) is 5.32 Å². The van der Waals surface area contributed by atoms with Crippen LogP contribution >= 0.6 is 0 Å². The topological polar surface area (TPSA) is 54.9 Å². The zero-order valence-electron chi connectivity index (χ0n) is 10.4. The molecule has 1 amide bonds. The zero-order valence-corrected chi connectivity index (χ0v) is 10.4. The predicted octanol–water partition coefficient (Wildman–Crippen LogP) is 3.02. The van der Waals surface area contributed by atoms with Crippen molar-refractivity contribution in [3.63, 3.8) is 0 Å². The highest BCUT2D eigenvalue weighted by atomic mass is 19.1. The standard InChI is InChI=1S/C15H10FN3O/c16-11-3-1-2-4-12(11)19-15(20)10-5-6-13-14(9-10)18-8-7-17-13/h1-9H,(H,19,20). The number of halogens is 1. The highest BCUT2D eigenvalue weighted by molar-refractivity contribution is 6.05. The number of carbonyl (C=O) groups is 1. The van der Waals surface area contributed by atoms with E-state index in [-0.39, 0.29) is 11.6 Å². The van der Waals surface area contributed by atoms with Gasteiger partial charge in [0.05, 0.1) is 16.7 Å². The van der Waals surface area contributed by atoms with Gasteiger partial charge in [0.15, 0.2) is 0 Å². The van der Waals surface area contributed by atoms with Crippen molar-refractivity contribution in [3.8, 4) is 0 Å². The molecule has 98 valence electrons. The van der Waals surface area contributed by atoms with Crippen LogP contribution in [0.1, 0.15) is 10.4 Å². The summed E-state index contributed by atoms with van der Waals surface area (Å²) in [6.45, 7) is 0. The second kappa shape index (κ2) is 5.05. The van der Waals surface area contributed by atoms with Crippen LogP contribution in [0.3, 0.4) is 0 Å². The molecule has 0 saturated carbocycles. The lowest BCUT2D eigenvalue weighted by molar-refractivity contribution is 0.102. The zero-order chi connectivity index (χ0) is 13.9. The second-order valence-electron chi connectivity index (χ2n) is 4.19. The first kappa shape index (κ1) is 12.2. The summed E-state index contributed by atoms with van der Waals surface area (Å²) >= 11 is 0. The molecule has 20 heavy (non-hydrogen) atoms. The van der Waals surface area contributed by atoms with Gasteiger partial charge in [0, 0.05) is 18.0 Å². The van der Waals surface area contributed by atoms with Crippen LogP contribution < -0.4 is 5.32 Å². The van der Waals surface area contributed by atoms with Crippen molar-refractivity contribution < 1.29 is 9.18 Å². The average molecular weight is 267 g/mol. The van der Waals surface area contributed by atoms with Crippen molar-refractivity contribution in [2.24, 2.45) is 0 Å². The van der Waals surface area contributed by atoms with E-state index < -0.39 is 5.82 Å². The maximum atomic E-state index is 13.5. The molecule has 0 saturated heterocycles. The summed E-state index contributed by atoms with van der Waals surface area (Å²) in [4.78, 5) is 20.3. The van der Waals surface area contributed by atoms with E-state index in [1.165, 1.54) is 12.1 Å². The van der Waals surface area contributed by atoms with Gasteiger partial charge in [-0.3, -0.25) is 14.8 Å². The number of para-hydroxylation sites is 1. The number of nitrogens with zero attached hydrogens (tertiary/aromatic N) is 2. The number of hydrogen-bond acceptors (Lipinski definition) is 3. The van der Waals surface area contributed by atoms with Crippen LogP contribution in [0.5, 0.6) is 0 Å². The van der Waals surface area contributed by atoms with Gasteiger partial charge in [0.1, 0.15) is 5.82 Å². The lowest BCUT2D eigenvalue weighted by Crippen LogP contribution is -2.12. The largest absolute Gasteiger partial charge is 0.319 e. The van der Waals surface area contributed by atoms with E-state index >= 15 is 0 Å². The van der Waals surface area contributed by atoms with Crippen molar-refractivity contribution in [3.05, 3.63) is 66.2 Å². The minimum Gasteiger partial charge on any atom is -0.319 e. The van der Waals surface area contributed by atoms with Crippen molar-refractivity contribution in [1.82, 2.24) is 9.97 Å². The molecule has 1 N–H and O–H groups in total. The van der Waals surface area contributed by atoms with E-state index in [1.807, 2.05) is 0 Å². The fraction of sp³-hybridized carbons (Fsp3) is 0. The molecule has 0 aliphatic heterocycles. The number of hydrogen-bond donors (Lipinski definition) is 1. The van der Waals surface area contributed by atoms with E-state index in [1.54, 1.807) is 42.7 Å². The Hall–Kier alpha value is -2.82. The maximum absolute atomic E-state index is 13.5. The minimum atomic E-state index is -0.471. The fourth-order valence-electron chi connectivity index (χ4n) is 1.86. The molecule has 3 rings (SSSR count). The Morgan fingerprint density at radius 3 is 2.55 bits per heavy atom. The summed E-state index contributed by atoms with van der Waals surface area (Å²) < 4.78 is 13.5. The average Bonchev–Trinajstić information content (AvgIpc) is 2.49. The number of anilines is 1. The third kappa shape index (κ3) is 2.33. The third-order valence-electron chi connectivity index (χ3n) is 2.85. The van der Waals surface area contributed by atoms with Crippen molar-refractivity contribution in [1.29, 1.82) is 0 Å². The van der Waals surface area contributed by atoms with Crippen molar-refractivity contribution >= 4 is 22.6 Å². The van der Waals surface area contributed by atoms with Crippen LogP contribution in [-0.4, -0.2) is 15.9 Å². The van der Waals surface area contributed by atoms with Gasteiger partial charge in [-0.25, -0.2) is 4.39 Å². The van der Waals surface area contributed by atoms with Crippen LogP contribution in [0.25, 0.3) is 11.0 Å². The minimum absolute atomic E-state index is 0.150. The van der Waals surface area contributed by atoms with Gasteiger partial charge in [-0.15, -0.1) is 0 Å². The summed E-state index contributed by atoms with van der Waals surface area (Å²) in [7, 11) is 0. The molecule has 0 unspecified atom stereocenters. The lowest BCUT2D eigenvalue weighted by atomic mass is 10.1. The molecule has 0 aliphatic carbocycles. The van der Waals surface area contributed by atoms with Crippen LogP contribution in [0.4, 0.5) is 10.1 Å². The first-order valence-corrected chi connectivity index (χ1v) is 6.01. The number of aromatic nitrogens is 2. The number of carbonyl (C=O) groups excluding carboxylic acids is 1. The Morgan fingerprint density at radius 1 is 1.00 bits per heavy atom. The molecule has 3 aromatic rings. The summed E-state index contributed by atoms with van der Waals surface area (Å²) in [5, 5.41) is 2.53. The van der Waals surface area contributed by atoms with Gasteiger partial charge in [0.2, 0.25) is 0 Å². The van der Waals surface area contributed by atoms with Gasteiger partial charge in [-0.2, -0.15) is 0 Å². The normalized spacial score (nSPS) is 10.4. The first-order valence-electron chi connectivity index (χ1n) is 6.01. The quantitative estimate of drug-likeness (QED) is 0.776. The molecule has 0 spiro atoms. The molecule has 0 radical (unpaired) electrons. The number of amides is 1. The van der Waals surface area contributed by atoms with E-state index in [0.29, 0.717) is 16.6 Å². The Balaban J connectivity index is 1.91. The molecule has 0 atom stereocenters. The SMILES string of the molecule is O=C(Nc1ccccc1F)c1ccc2nccnc2c1. The fourth-order valence-corrected chi connectivity index (χ4v) is 1.86. The van der Waals surface area contributed by atoms with Crippen molar-refractivity contribution in [2.45, 2.75) is 0 Å². The first-order chi connectivity index (χ1) is 9.74. The molecule has 0 bridgehead atoms. The van der Waals surface area contributed by atoms with Crippen LogP contribution in [0, 0.1) is 5.82 Å². The molecule has 5 heteroatoms. The smallest absolute Gasteiger partial charge is 0.255 e. The lowest BCUT2D eigenvalue weighted by Gasteiger charge is -2.06. The third-order valence-corrected chi connectivity index (χ3v) is 2.85. The molecular formula is C15H10FN3O. The number of fused-ring (bicyclic) bond motifs is 1. The second-order valence-corrected chi connectivity index (χ2v) is 4.19. The molecule has 4 nitrogen and oxygen atoms in total. The summed E-state index contributed by atoms with van der Waals surface area (Å²) in [6, 6.07) is 11.0. The molecule has 2 aromatic carbocycles. The number of rotatable bonds is 2. The maximum Gasteiger partial charge on any atom is 0.255 e. The molecule has 1 heterocycles. The molecule has 0 aliphatic rings. The van der Waals surface area contributed by atoms with Gasteiger partial charge in [-0.05, 0) is 30.3 Å².